The van der Waals surface area contributed by atoms with Gasteiger partial charge in [-0.25, -0.2) is 4.98 Å². The Balaban J connectivity index is 2.84. The molecule has 0 bridgehead atoms. The van der Waals surface area contributed by atoms with Crippen LogP contribution < -0.4 is 10.1 Å². The summed E-state index contributed by atoms with van der Waals surface area (Å²) < 4.78 is 5.33. The van der Waals surface area contributed by atoms with Crippen LogP contribution >= 0.6 is 0 Å². The van der Waals surface area contributed by atoms with Gasteiger partial charge >= 0.3 is 0 Å². The van der Waals surface area contributed by atoms with Crippen LogP contribution in [0.5, 0.6) is 5.88 Å². The Morgan fingerprint density at radius 1 is 1.50 bits per heavy atom. The Kier molecular flexibility index (Phi) is 4.59. The number of hydrogen-bond donors (Lipinski definition) is 1. The second kappa shape index (κ2) is 5.96. The monoisotopic (exact) mass is 219 g/mol. The minimum Gasteiger partial charge on any atom is -0.478 e. The first-order valence-electron chi connectivity index (χ1n) is 5.40. The molecule has 0 aliphatic carbocycles. The Hall–Kier alpha value is -1.76. The number of aromatic nitrogens is 2. The molecule has 1 unspecified atom stereocenters. The zero-order chi connectivity index (χ0) is 12.0. The maximum Gasteiger partial charge on any atom is 0.227 e. The molecule has 4 nitrogen and oxygen atoms in total. The molecule has 0 radical (unpaired) electrons. The molecule has 1 heterocycles. The molecule has 0 aliphatic heterocycles. The highest BCUT2D eigenvalue weighted by Crippen LogP contribution is 2.12. The topological polar surface area (TPSA) is 47.0 Å². The fourth-order valence-electron chi connectivity index (χ4n) is 1.24. The highest BCUT2D eigenvalue weighted by molar-refractivity contribution is 5.34. The Morgan fingerprint density at radius 3 is 2.81 bits per heavy atom. The predicted molar refractivity (Wildman–Crippen MR) is 64.5 cm³/mol. The van der Waals surface area contributed by atoms with E-state index in [1.54, 1.807) is 6.07 Å². The lowest BCUT2D eigenvalue weighted by atomic mass is 10.2. The second-order valence-electron chi connectivity index (χ2n) is 3.38. The van der Waals surface area contributed by atoms with Gasteiger partial charge in [-0.05, 0) is 20.3 Å². The van der Waals surface area contributed by atoms with Crippen molar-refractivity contribution in [3.8, 4) is 18.2 Å². The minimum absolute atomic E-state index is 0.0451. The second-order valence-corrected chi connectivity index (χ2v) is 3.38. The van der Waals surface area contributed by atoms with Gasteiger partial charge in [-0.15, -0.1) is 6.42 Å². The third-order valence-corrected chi connectivity index (χ3v) is 2.04. The van der Waals surface area contributed by atoms with Crippen LogP contribution in [0, 0.1) is 19.3 Å². The fraction of sp³-hybridized carbons (Fsp3) is 0.500. The maximum absolute atomic E-state index is 5.37. The number of ether oxygens (including phenoxy) is 1. The number of nitrogens with zero attached hydrogens (tertiary/aromatic N) is 2. The summed E-state index contributed by atoms with van der Waals surface area (Å²) in [5, 5.41) is 3.08. The molecular formula is C12H17N3O. The molecule has 0 saturated heterocycles. The molecule has 0 amide bonds. The normalized spacial score (nSPS) is 11.6. The van der Waals surface area contributed by atoms with Gasteiger partial charge < -0.3 is 10.1 Å². The molecule has 0 fully saturated rings. The lowest BCUT2D eigenvalue weighted by Crippen LogP contribution is -2.18. The lowest BCUT2D eigenvalue weighted by Gasteiger charge is -2.12. The molecule has 1 N–H and O–H groups in total. The number of hydrogen-bond acceptors (Lipinski definition) is 4. The van der Waals surface area contributed by atoms with Crippen molar-refractivity contribution in [2.75, 3.05) is 11.9 Å². The summed E-state index contributed by atoms with van der Waals surface area (Å²) >= 11 is 0. The third kappa shape index (κ3) is 3.43. The van der Waals surface area contributed by atoms with E-state index in [1.165, 1.54) is 0 Å². The number of nitrogens with one attached hydrogen (secondary N) is 1. The van der Waals surface area contributed by atoms with Crippen molar-refractivity contribution < 1.29 is 4.74 Å². The number of aryl methyl sites for hydroxylation is 1. The van der Waals surface area contributed by atoms with Crippen molar-refractivity contribution >= 4 is 5.95 Å². The van der Waals surface area contributed by atoms with E-state index < -0.39 is 0 Å². The van der Waals surface area contributed by atoms with Crippen LogP contribution in [0.3, 0.4) is 0 Å². The summed E-state index contributed by atoms with van der Waals surface area (Å²) in [5.41, 5.74) is 0.854. The fourth-order valence-corrected chi connectivity index (χ4v) is 1.24. The first-order chi connectivity index (χ1) is 7.69. The Bertz CT molecular complexity index is 384. The largest absolute Gasteiger partial charge is 0.478 e. The maximum atomic E-state index is 5.37. The highest BCUT2D eigenvalue weighted by atomic mass is 16.5. The van der Waals surface area contributed by atoms with E-state index in [0.29, 0.717) is 18.4 Å². The van der Waals surface area contributed by atoms with Crippen molar-refractivity contribution in [1.29, 1.82) is 0 Å². The zero-order valence-corrected chi connectivity index (χ0v) is 9.95. The number of terminal acetylenes is 1. The molecule has 0 aliphatic rings. The zero-order valence-electron chi connectivity index (χ0n) is 9.95. The van der Waals surface area contributed by atoms with Crippen LogP contribution in [0.1, 0.15) is 26.0 Å². The van der Waals surface area contributed by atoms with E-state index in [2.05, 4.69) is 21.2 Å². The van der Waals surface area contributed by atoms with Gasteiger partial charge in [0.05, 0.1) is 12.6 Å². The van der Waals surface area contributed by atoms with Crippen LogP contribution in [0.25, 0.3) is 0 Å². The predicted octanol–water partition coefficient (Wildman–Crippen LogP) is 2.01. The van der Waals surface area contributed by atoms with Crippen molar-refractivity contribution in [2.24, 2.45) is 0 Å². The molecule has 0 aromatic carbocycles. The molecule has 16 heavy (non-hydrogen) atoms. The standard InChI is InChI=1S/C12H17N3O/c1-5-10(6-2)14-12-13-9(4)8-11(15-12)16-7-3/h1,8,10H,6-7H2,2-4H3,(H,13,14,15). The molecule has 0 saturated carbocycles. The summed E-state index contributed by atoms with van der Waals surface area (Å²) in [6.45, 7) is 6.41. The van der Waals surface area contributed by atoms with E-state index in [1.807, 2.05) is 20.8 Å². The van der Waals surface area contributed by atoms with Crippen molar-refractivity contribution in [1.82, 2.24) is 9.97 Å². The summed E-state index contributed by atoms with van der Waals surface area (Å²) in [7, 11) is 0. The van der Waals surface area contributed by atoms with Crippen molar-refractivity contribution in [3.63, 3.8) is 0 Å². The van der Waals surface area contributed by atoms with Crippen LogP contribution in [-0.4, -0.2) is 22.6 Å². The molecule has 1 aromatic rings. The minimum atomic E-state index is -0.0451. The lowest BCUT2D eigenvalue weighted by molar-refractivity contribution is 0.326. The van der Waals surface area contributed by atoms with E-state index in [-0.39, 0.29) is 6.04 Å². The molecular weight excluding hydrogens is 202 g/mol. The van der Waals surface area contributed by atoms with Crippen LogP contribution in [0.4, 0.5) is 5.95 Å². The van der Waals surface area contributed by atoms with E-state index in [4.69, 9.17) is 11.2 Å². The van der Waals surface area contributed by atoms with E-state index in [0.717, 1.165) is 12.1 Å². The summed E-state index contributed by atoms with van der Waals surface area (Å²) in [6, 6.07) is 1.75. The molecule has 1 atom stereocenters. The van der Waals surface area contributed by atoms with Gasteiger partial charge in [-0.2, -0.15) is 4.98 Å². The number of rotatable bonds is 5. The van der Waals surface area contributed by atoms with Gasteiger partial charge in [0, 0.05) is 11.8 Å². The summed E-state index contributed by atoms with van der Waals surface area (Å²) in [6.07, 6.45) is 6.20. The van der Waals surface area contributed by atoms with Crippen LogP contribution in [-0.2, 0) is 0 Å². The Morgan fingerprint density at radius 2 is 2.25 bits per heavy atom. The molecule has 1 rings (SSSR count). The highest BCUT2D eigenvalue weighted by Gasteiger charge is 2.06. The quantitative estimate of drug-likeness (QED) is 0.769. The van der Waals surface area contributed by atoms with Crippen LogP contribution in [0.15, 0.2) is 6.07 Å². The first kappa shape index (κ1) is 12.3. The van der Waals surface area contributed by atoms with E-state index >= 15 is 0 Å². The molecule has 1 aromatic heterocycles. The molecule has 86 valence electrons. The average Bonchev–Trinajstić information content (AvgIpc) is 2.25. The first-order valence-corrected chi connectivity index (χ1v) is 5.40. The SMILES string of the molecule is C#CC(CC)Nc1nc(C)cc(OCC)n1. The third-order valence-electron chi connectivity index (χ3n) is 2.04. The van der Waals surface area contributed by atoms with E-state index in [9.17, 15) is 0 Å². The summed E-state index contributed by atoms with van der Waals surface area (Å²) in [4.78, 5) is 8.47. The average molecular weight is 219 g/mol. The van der Waals surface area contributed by atoms with Gasteiger partial charge in [0.1, 0.15) is 0 Å². The van der Waals surface area contributed by atoms with Gasteiger partial charge in [0.25, 0.3) is 0 Å². The summed E-state index contributed by atoms with van der Waals surface area (Å²) in [5.74, 6) is 3.73. The van der Waals surface area contributed by atoms with Crippen molar-refractivity contribution in [2.45, 2.75) is 33.2 Å². The number of anilines is 1. The van der Waals surface area contributed by atoms with Gasteiger partial charge in [-0.1, -0.05) is 12.8 Å². The van der Waals surface area contributed by atoms with Gasteiger partial charge in [0.2, 0.25) is 11.8 Å². The van der Waals surface area contributed by atoms with Crippen molar-refractivity contribution in [3.05, 3.63) is 11.8 Å². The molecule has 0 spiro atoms. The molecule has 4 heteroatoms. The smallest absolute Gasteiger partial charge is 0.227 e. The Labute approximate surface area is 96.5 Å². The van der Waals surface area contributed by atoms with Gasteiger partial charge in [-0.3, -0.25) is 0 Å². The van der Waals surface area contributed by atoms with Crippen LogP contribution in [0.2, 0.25) is 0 Å². The van der Waals surface area contributed by atoms with Gasteiger partial charge in [0.15, 0.2) is 0 Å².